The number of pyridine rings is 1. The number of hydrogen-bond donors (Lipinski definition) is 4. The molecule has 2 amide bonds. The fourth-order valence-corrected chi connectivity index (χ4v) is 5.23. The lowest BCUT2D eigenvalue weighted by atomic mass is 10.0. The van der Waals surface area contributed by atoms with Gasteiger partial charge in [0.05, 0.1) is 18.8 Å². The van der Waals surface area contributed by atoms with Gasteiger partial charge in [-0.3, -0.25) is 14.8 Å². The highest BCUT2D eigenvalue weighted by molar-refractivity contribution is 7.99. The van der Waals surface area contributed by atoms with Gasteiger partial charge < -0.3 is 25.1 Å². The van der Waals surface area contributed by atoms with E-state index in [1.165, 1.54) is 18.0 Å². The van der Waals surface area contributed by atoms with Crippen LogP contribution in [0.2, 0.25) is 0 Å². The minimum Gasteiger partial charge on any atom is -0.618 e. The first kappa shape index (κ1) is 29.5. The number of nitrogens with zero attached hydrogens (tertiary/aromatic N) is 1. The van der Waals surface area contributed by atoms with Crippen molar-refractivity contribution in [2.24, 2.45) is 0 Å². The van der Waals surface area contributed by atoms with Gasteiger partial charge in [-0.2, -0.15) is 4.73 Å². The SMILES string of the molecule is O=C(CCCCC(=O)Nc1ccc([C@H]2O[C@@H](CSc3cccc[n+]3[O-])C[C@@H](c3ccc(CO)cc3)O2)cc1)NO. The van der Waals surface area contributed by atoms with E-state index in [1.807, 2.05) is 42.5 Å². The summed E-state index contributed by atoms with van der Waals surface area (Å²) in [6.07, 6.45) is 2.41. The molecule has 1 aliphatic heterocycles. The number of amides is 2. The summed E-state index contributed by atoms with van der Waals surface area (Å²) in [5.41, 5.74) is 4.79. The van der Waals surface area contributed by atoms with E-state index in [4.69, 9.17) is 14.7 Å². The smallest absolute Gasteiger partial charge is 0.251 e. The van der Waals surface area contributed by atoms with Gasteiger partial charge >= 0.3 is 0 Å². The number of aromatic nitrogens is 1. The highest BCUT2D eigenvalue weighted by Crippen LogP contribution is 2.39. The number of anilines is 1. The lowest BCUT2D eigenvalue weighted by molar-refractivity contribution is -0.645. The molecule has 2 aromatic carbocycles. The number of nitrogens with one attached hydrogen (secondary N) is 2. The van der Waals surface area contributed by atoms with Crippen LogP contribution in [-0.2, 0) is 25.7 Å². The largest absolute Gasteiger partial charge is 0.618 e. The van der Waals surface area contributed by atoms with Crippen LogP contribution in [0, 0.1) is 5.21 Å². The summed E-state index contributed by atoms with van der Waals surface area (Å²) < 4.78 is 13.5. The first-order chi connectivity index (χ1) is 19.4. The number of carbonyl (C=O) groups excluding carboxylic acids is 2. The molecule has 0 bridgehead atoms. The van der Waals surface area contributed by atoms with E-state index >= 15 is 0 Å². The van der Waals surface area contributed by atoms with Crippen molar-refractivity contribution in [1.82, 2.24) is 5.48 Å². The van der Waals surface area contributed by atoms with Crippen LogP contribution in [-0.4, -0.2) is 34.0 Å². The van der Waals surface area contributed by atoms with Crippen molar-refractivity contribution < 1.29 is 34.1 Å². The van der Waals surface area contributed by atoms with Crippen molar-refractivity contribution in [2.45, 2.75) is 62.2 Å². The molecule has 212 valence electrons. The number of hydrogen-bond acceptors (Lipinski definition) is 8. The maximum Gasteiger partial charge on any atom is 0.251 e. The molecular formula is C29H33N3O7S. The second-order valence-corrected chi connectivity index (χ2v) is 10.5. The first-order valence-corrected chi connectivity index (χ1v) is 14.1. The van der Waals surface area contributed by atoms with Crippen molar-refractivity contribution in [1.29, 1.82) is 0 Å². The molecule has 0 spiro atoms. The van der Waals surface area contributed by atoms with E-state index in [-0.39, 0.29) is 37.6 Å². The molecule has 4 N–H and O–H groups in total. The molecule has 10 nitrogen and oxygen atoms in total. The van der Waals surface area contributed by atoms with E-state index in [9.17, 15) is 19.9 Å². The van der Waals surface area contributed by atoms with Gasteiger partial charge in [-0.05, 0) is 42.2 Å². The van der Waals surface area contributed by atoms with Crippen molar-refractivity contribution in [3.63, 3.8) is 0 Å². The van der Waals surface area contributed by atoms with Gasteiger partial charge in [-0.25, -0.2) is 5.48 Å². The third-order valence-corrected chi connectivity index (χ3v) is 7.62. The van der Waals surface area contributed by atoms with Gasteiger partial charge in [0.15, 0.2) is 12.5 Å². The Kier molecular flexibility index (Phi) is 10.9. The minimum atomic E-state index is -0.653. The van der Waals surface area contributed by atoms with Gasteiger partial charge in [0.1, 0.15) is 0 Å². The highest BCUT2D eigenvalue weighted by atomic mass is 32.2. The molecular weight excluding hydrogens is 534 g/mol. The maximum absolute atomic E-state index is 12.3. The Bertz CT molecular complexity index is 1260. The summed E-state index contributed by atoms with van der Waals surface area (Å²) in [4.78, 5) is 23.3. The Labute approximate surface area is 236 Å². The number of hydroxylamine groups is 1. The van der Waals surface area contributed by atoms with E-state index in [2.05, 4.69) is 5.32 Å². The number of thioether (sulfide) groups is 1. The minimum absolute atomic E-state index is 0.0349. The van der Waals surface area contributed by atoms with Crippen molar-refractivity contribution in [3.8, 4) is 0 Å². The number of carbonyl (C=O) groups is 2. The number of benzene rings is 2. The van der Waals surface area contributed by atoms with Crippen LogP contribution in [0.15, 0.2) is 78.0 Å². The van der Waals surface area contributed by atoms with Crippen molar-refractivity contribution >= 4 is 29.3 Å². The highest BCUT2D eigenvalue weighted by Gasteiger charge is 2.32. The predicted molar refractivity (Wildman–Crippen MR) is 148 cm³/mol. The van der Waals surface area contributed by atoms with Gasteiger partial charge in [0.2, 0.25) is 11.8 Å². The summed E-state index contributed by atoms with van der Waals surface area (Å²) in [6, 6.07) is 20.2. The molecule has 1 saturated heterocycles. The van der Waals surface area contributed by atoms with Crippen LogP contribution in [0.3, 0.4) is 0 Å². The number of unbranched alkanes of at least 4 members (excludes halogenated alkanes) is 1. The number of aliphatic hydroxyl groups excluding tert-OH is 1. The predicted octanol–water partition coefficient (Wildman–Crippen LogP) is 4.15. The Balaban J connectivity index is 1.40. The van der Waals surface area contributed by atoms with Crippen LogP contribution in [0.25, 0.3) is 0 Å². The second-order valence-electron chi connectivity index (χ2n) is 9.44. The third-order valence-electron chi connectivity index (χ3n) is 6.47. The Morgan fingerprint density at radius 2 is 1.65 bits per heavy atom. The number of ether oxygens (including phenoxy) is 2. The Morgan fingerprint density at radius 1 is 0.950 bits per heavy atom. The monoisotopic (exact) mass is 567 g/mol. The lowest BCUT2D eigenvalue weighted by Crippen LogP contribution is -2.32. The molecule has 2 heterocycles. The summed E-state index contributed by atoms with van der Waals surface area (Å²) in [5, 5.41) is 33.5. The van der Waals surface area contributed by atoms with Gasteiger partial charge in [-0.1, -0.05) is 48.2 Å². The number of rotatable bonds is 12. The summed E-state index contributed by atoms with van der Waals surface area (Å²) in [5.74, 6) is -0.0735. The van der Waals surface area contributed by atoms with Crippen LogP contribution in [0.1, 0.15) is 61.2 Å². The van der Waals surface area contributed by atoms with Crippen molar-refractivity contribution in [2.75, 3.05) is 11.1 Å². The van der Waals surface area contributed by atoms with Gasteiger partial charge in [0.25, 0.3) is 5.03 Å². The van der Waals surface area contributed by atoms with Crippen LogP contribution in [0.4, 0.5) is 5.69 Å². The Morgan fingerprint density at radius 3 is 2.33 bits per heavy atom. The molecule has 4 rings (SSSR count). The van der Waals surface area contributed by atoms with Crippen LogP contribution < -0.4 is 15.5 Å². The average molecular weight is 568 g/mol. The molecule has 1 fully saturated rings. The van der Waals surface area contributed by atoms with Crippen molar-refractivity contribution in [3.05, 3.63) is 94.8 Å². The van der Waals surface area contributed by atoms with E-state index in [1.54, 1.807) is 29.7 Å². The lowest BCUT2D eigenvalue weighted by Gasteiger charge is -2.36. The standard InChI is InChI=1S/C29H33N3O7S/c33-18-20-8-10-21(11-9-20)25-17-24(19-40-28-7-3-4-16-32(28)37)38-29(39-25)22-12-14-23(15-13-22)30-26(34)5-1-2-6-27(35)31-36/h3-4,7-16,24-25,29,33,36H,1-2,5-6,17-19H2,(H,30,34)(H,31,35)/t24-,25+,29+/m1/s1. The number of aliphatic hydroxyl groups is 1. The quantitative estimate of drug-likeness (QED) is 0.0638. The fraction of sp³-hybridized carbons (Fsp3) is 0.345. The molecule has 0 unspecified atom stereocenters. The molecule has 0 aliphatic carbocycles. The molecule has 3 aromatic rings. The van der Waals surface area contributed by atoms with E-state index in [0.29, 0.717) is 35.7 Å². The normalized spacial score (nSPS) is 18.7. The maximum atomic E-state index is 12.3. The second kappa shape index (κ2) is 14.8. The summed E-state index contributed by atoms with van der Waals surface area (Å²) in [6.45, 7) is -0.0349. The zero-order valence-electron chi connectivity index (χ0n) is 21.9. The topological polar surface area (TPSA) is 144 Å². The summed E-state index contributed by atoms with van der Waals surface area (Å²) >= 11 is 1.43. The fourth-order valence-electron chi connectivity index (χ4n) is 4.30. The molecule has 40 heavy (non-hydrogen) atoms. The summed E-state index contributed by atoms with van der Waals surface area (Å²) in [7, 11) is 0. The molecule has 3 atom stereocenters. The van der Waals surface area contributed by atoms with Crippen LogP contribution in [0.5, 0.6) is 0 Å². The zero-order chi connectivity index (χ0) is 28.3. The first-order valence-electron chi connectivity index (χ1n) is 13.1. The van der Waals surface area contributed by atoms with E-state index in [0.717, 1.165) is 21.4 Å². The average Bonchev–Trinajstić information content (AvgIpc) is 2.99. The van der Waals surface area contributed by atoms with E-state index < -0.39 is 12.2 Å². The Hall–Kier alpha value is -3.48. The molecule has 1 aliphatic rings. The third kappa shape index (κ3) is 8.51. The van der Waals surface area contributed by atoms with Gasteiger partial charge in [0, 0.05) is 48.4 Å². The van der Waals surface area contributed by atoms with Gasteiger partial charge in [-0.15, -0.1) is 0 Å². The molecule has 0 saturated carbocycles. The molecule has 11 heteroatoms. The molecule has 1 aromatic heterocycles. The zero-order valence-corrected chi connectivity index (χ0v) is 22.7. The molecule has 0 radical (unpaired) electrons. The van der Waals surface area contributed by atoms with Crippen LogP contribution >= 0.6 is 11.8 Å².